The van der Waals surface area contributed by atoms with Crippen LogP contribution in [0.2, 0.25) is 0 Å². The smallest absolute Gasteiger partial charge is 0.0562 e. The summed E-state index contributed by atoms with van der Waals surface area (Å²) in [6, 6.07) is 70.3. The number of para-hydroxylation sites is 2. The fourth-order valence-corrected chi connectivity index (χ4v) is 7.56. The molecule has 0 N–H and O–H groups in total. The Bertz CT molecular complexity index is 2590. The van der Waals surface area contributed by atoms with Crippen molar-refractivity contribution in [2.24, 2.45) is 0 Å². The van der Waals surface area contributed by atoms with Crippen molar-refractivity contribution in [3.8, 4) is 39.1 Å². The number of nitrogens with zero attached hydrogens (tertiary/aromatic N) is 2. The molecule has 0 bridgehead atoms. The van der Waals surface area contributed by atoms with E-state index >= 15 is 0 Å². The van der Waals surface area contributed by atoms with Crippen LogP contribution in [0.1, 0.15) is 11.1 Å². The Balaban J connectivity index is 1.27. The molecule has 0 radical (unpaired) electrons. The van der Waals surface area contributed by atoms with Crippen molar-refractivity contribution in [1.82, 2.24) is 4.57 Å². The molecule has 9 rings (SSSR count). The van der Waals surface area contributed by atoms with Gasteiger partial charge in [0.2, 0.25) is 0 Å². The number of anilines is 3. The molecule has 0 atom stereocenters. The molecular weight excluding hydrogens is 629 g/mol. The largest absolute Gasteiger partial charge is 0.310 e. The maximum Gasteiger partial charge on any atom is 0.0562 e. The highest BCUT2D eigenvalue weighted by Crippen LogP contribution is 2.45. The lowest BCUT2D eigenvalue weighted by Gasteiger charge is -2.27. The molecule has 0 saturated heterocycles. The summed E-state index contributed by atoms with van der Waals surface area (Å²) >= 11 is 0. The zero-order chi connectivity index (χ0) is 35.0. The van der Waals surface area contributed by atoms with Gasteiger partial charge in [-0.25, -0.2) is 0 Å². The molecule has 0 spiro atoms. The van der Waals surface area contributed by atoms with Crippen molar-refractivity contribution in [1.29, 1.82) is 0 Å². The third kappa shape index (κ3) is 5.55. The number of hydrogen-bond donors (Lipinski definition) is 0. The molecule has 9 aromatic rings. The van der Waals surface area contributed by atoms with E-state index in [1.807, 2.05) is 0 Å². The SMILES string of the molecule is Cc1ccc(-c2ccccc2-n2c3ccccc3c3c(N(c4ccc(-c5ccccc5)cc4)c4ccc(-c5ccccc5)cc4)cccc32)cc1C. The average Bonchev–Trinajstić information content (AvgIpc) is 3.55. The molecule has 52 heavy (non-hydrogen) atoms. The Labute approximate surface area is 305 Å². The van der Waals surface area contributed by atoms with Crippen molar-refractivity contribution >= 4 is 38.9 Å². The summed E-state index contributed by atoms with van der Waals surface area (Å²) in [4.78, 5) is 2.41. The Morgan fingerprint density at radius 3 is 1.54 bits per heavy atom. The topological polar surface area (TPSA) is 8.17 Å². The predicted octanol–water partition coefficient (Wildman–Crippen LogP) is 13.9. The second-order valence-electron chi connectivity index (χ2n) is 13.5. The number of fused-ring (bicyclic) bond motifs is 3. The first-order chi connectivity index (χ1) is 25.6. The van der Waals surface area contributed by atoms with Crippen LogP contribution in [0, 0.1) is 13.8 Å². The normalized spacial score (nSPS) is 11.3. The highest BCUT2D eigenvalue weighted by Gasteiger charge is 2.22. The van der Waals surface area contributed by atoms with Gasteiger partial charge in [0.05, 0.1) is 22.4 Å². The molecule has 0 fully saturated rings. The van der Waals surface area contributed by atoms with Gasteiger partial charge in [0.15, 0.2) is 0 Å². The first-order valence-corrected chi connectivity index (χ1v) is 17.9. The molecular formula is C50H38N2. The van der Waals surface area contributed by atoms with E-state index in [1.54, 1.807) is 0 Å². The Morgan fingerprint density at radius 2 is 0.904 bits per heavy atom. The van der Waals surface area contributed by atoms with Crippen molar-refractivity contribution in [2.75, 3.05) is 4.90 Å². The Hall–Kier alpha value is -6.64. The summed E-state index contributed by atoms with van der Waals surface area (Å²) in [7, 11) is 0. The standard InChI is InChI=1S/C50H38N2/c1-35-24-25-41(34-36(35)2)44-18-9-11-20-46(44)52-47-21-12-10-19-45(47)50-48(22-13-23-49(50)52)51(42-30-26-39(27-31-42)37-14-5-3-6-15-37)43-32-28-40(29-33-43)38-16-7-4-8-17-38/h3-34H,1-2H3. The van der Waals surface area contributed by atoms with Crippen LogP contribution in [-0.2, 0) is 0 Å². The molecule has 1 aromatic heterocycles. The molecule has 248 valence electrons. The zero-order valence-corrected chi connectivity index (χ0v) is 29.4. The first kappa shape index (κ1) is 31.3. The van der Waals surface area contributed by atoms with Crippen molar-refractivity contribution in [2.45, 2.75) is 13.8 Å². The fraction of sp³-hybridized carbons (Fsp3) is 0.0400. The number of hydrogen-bond acceptors (Lipinski definition) is 1. The van der Waals surface area contributed by atoms with E-state index < -0.39 is 0 Å². The number of aryl methyl sites for hydroxylation is 2. The van der Waals surface area contributed by atoms with Crippen LogP contribution >= 0.6 is 0 Å². The van der Waals surface area contributed by atoms with Gasteiger partial charge >= 0.3 is 0 Å². The average molecular weight is 667 g/mol. The van der Waals surface area contributed by atoms with E-state index in [4.69, 9.17) is 0 Å². The molecule has 0 unspecified atom stereocenters. The van der Waals surface area contributed by atoms with Gasteiger partial charge in [0.1, 0.15) is 0 Å². The Morgan fingerprint density at radius 1 is 0.385 bits per heavy atom. The van der Waals surface area contributed by atoms with Crippen LogP contribution in [0.3, 0.4) is 0 Å². The molecule has 0 aliphatic rings. The maximum absolute atomic E-state index is 2.45. The summed E-state index contributed by atoms with van der Waals surface area (Å²) in [5.41, 5.74) is 16.7. The number of benzene rings is 8. The maximum atomic E-state index is 2.45. The lowest BCUT2D eigenvalue weighted by Crippen LogP contribution is -2.10. The molecule has 1 heterocycles. The second kappa shape index (κ2) is 13.2. The van der Waals surface area contributed by atoms with Crippen LogP contribution in [-0.4, -0.2) is 4.57 Å². The molecule has 0 aliphatic carbocycles. The van der Waals surface area contributed by atoms with Crippen LogP contribution in [0.15, 0.2) is 194 Å². The minimum absolute atomic E-state index is 1.10. The first-order valence-electron chi connectivity index (χ1n) is 17.9. The monoisotopic (exact) mass is 666 g/mol. The third-order valence-corrected chi connectivity index (χ3v) is 10.3. The lowest BCUT2D eigenvalue weighted by molar-refractivity contribution is 1.18. The zero-order valence-electron chi connectivity index (χ0n) is 29.4. The van der Waals surface area contributed by atoms with Crippen LogP contribution in [0.4, 0.5) is 17.1 Å². The van der Waals surface area contributed by atoms with Gasteiger partial charge in [-0.3, -0.25) is 0 Å². The highest BCUT2D eigenvalue weighted by molar-refractivity contribution is 6.17. The second-order valence-corrected chi connectivity index (χ2v) is 13.5. The van der Waals surface area contributed by atoms with Crippen LogP contribution in [0.25, 0.3) is 60.9 Å². The lowest BCUT2D eigenvalue weighted by atomic mass is 9.99. The summed E-state index contributed by atoms with van der Waals surface area (Å²) in [6.07, 6.45) is 0. The third-order valence-electron chi connectivity index (χ3n) is 10.3. The molecule has 2 nitrogen and oxygen atoms in total. The highest BCUT2D eigenvalue weighted by atomic mass is 15.1. The van der Waals surface area contributed by atoms with Gasteiger partial charge in [-0.05, 0) is 101 Å². The summed E-state index contributed by atoms with van der Waals surface area (Å²) in [5, 5.41) is 2.43. The van der Waals surface area contributed by atoms with E-state index in [1.165, 1.54) is 72.0 Å². The minimum Gasteiger partial charge on any atom is -0.310 e. The number of rotatable bonds is 7. The van der Waals surface area contributed by atoms with Gasteiger partial charge in [0, 0.05) is 27.7 Å². The molecule has 8 aromatic carbocycles. The molecule has 0 amide bonds. The van der Waals surface area contributed by atoms with Crippen LogP contribution in [0.5, 0.6) is 0 Å². The van der Waals surface area contributed by atoms with Crippen LogP contribution < -0.4 is 4.90 Å². The quantitative estimate of drug-likeness (QED) is 0.164. The van der Waals surface area contributed by atoms with E-state index in [0.29, 0.717) is 0 Å². The van der Waals surface area contributed by atoms with Crippen molar-refractivity contribution in [3.05, 3.63) is 205 Å². The molecule has 2 heteroatoms. The predicted molar refractivity (Wildman–Crippen MR) is 221 cm³/mol. The Kier molecular flexibility index (Phi) is 7.98. The fourth-order valence-electron chi connectivity index (χ4n) is 7.56. The van der Waals surface area contributed by atoms with Gasteiger partial charge in [0.25, 0.3) is 0 Å². The van der Waals surface area contributed by atoms with Gasteiger partial charge in [-0.15, -0.1) is 0 Å². The molecule has 0 aliphatic heterocycles. The van der Waals surface area contributed by atoms with E-state index in [9.17, 15) is 0 Å². The van der Waals surface area contributed by atoms with E-state index in [-0.39, 0.29) is 0 Å². The van der Waals surface area contributed by atoms with Gasteiger partial charge in [-0.1, -0.05) is 146 Å². The van der Waals surface area contributed by atoms with E-state index in [0.717, 1.165) is 17.1 Å². The molecule has 0 saturated carbocycles. The van der Waals surface area contributed by atoms with Gasteiger partial charge in [-0.2, -0.15) is 0 Å². The minimum atomic E-state index is 1.10. The summed E-state index contributed by atoms with van der Waals surface area (Å²) < 4.78 is 2.45. The van der Waals surface area contributed by atoms with E-state index in [2.05, 4.69) is 217 Å². The number of aromatic nitrogens is 1. The summed E-state index contributed by atoms with van der Waals surface area (Å²) in [6.45, 7) is 4.37. The van der Waals surface area contributed by atoms with Crippen molar-refractivity contribution < 1.29 is 0 Å². The van der Waals surface area contributed by atoms with Gasteiger partial charge < -0.3 is 9.47 Å². The summed E-state index contributed by atoms with van der Waals surface area (Å²) in [5.74, 6) is 0. The van der Waals surface area contributed by atoms with Crippen molar-refractivity contribution in [3.63, 3.8) is 0 Å².